The summed E-state index contributed by atoms with van der Waals surface area (Å²) in [5.74, 6) is 0. The molecule has 0 saturated carbocycles. The SMILES string of the molecule is C=CCOCC=C.OC(c1cccnc1)c1ccccc1Cl. The third-order valence-corrected chi connectivity index (χ3v) is 3.02. The van der Waals surface area contributed by atoms with Gasteiger partial charge in [-0.1, -0.05) is 48.0 Å². The molecule has 2 aromatic rings. The molecule has 2 rings (SSSR count). The van der Waals surface area contributed by atoms with Gasteiger partial charge in [-0.3, -0.25) is 4.98 Å². The third-order valence-electron chi connectivity index (χ3n) is 2.67. The van der Waals surface area contributed by atoms with Gasteiger partial charge in [-0.2, -0.15) is 0 Å². The Balaban J connectivity index is 0.000000295. The van der Waals surface area contributed by atoms with Crippen LogP contribution in [0.4, 0.5) is 0 Å². The number of hydrogen-bond acceptors (Lipinski definition) is 3. The van der Waals surface area contributed by atoms with Gasteiger partial charge >= 0.3 is 0 Å². The molecular weight excluding hydrogens is 298 g/mol. The monoisotopic (exact) mass is 317 g/mol. The highest BCUT2D eigenvalue weighted by atomic mass is 35.5. The molecule has 1 N–H and O–H groups in total. The van der Waals surface area contributed by atoms with Crippen LogP contribution < -0.4 is 0 Å². The average molecular weight is 318 g/mol. The average Bonchev–Trinajstić information content (AvgIpc) is 2.57. The number of halogens is 1. The van der Waals surface area contributed by atoms with E-state index in [9.17, 15) is 5.11 Å². The molecule has 1 heterocycles. The van der Waals surface area contributed by atoms with Gasteiger partial charge in [0.25, 0.3) is 0 Å². The van der Waals surface area contributed by atoms with Gasteiger partial charge in [0.05, 0.1) is 13.2 Å². The van der Waals surface area contributed by atoms with Gasteiger partial charge in [0.15, 0.2) is 0 Å². The second kappa shape index (κ2) is 10.7. The lowest BCUT2D eigenvalue weighted by Crippen LogP contribution is -2.00. The molecule has 0 fully saturated rings. The summed E-state index contributed by atoms with van der Waals surface area (Å²) in [4.78, 5) is 3.96. The standard InChI is InChI=1S/C12H10ClNO.C6H10O/c13-11-6-2-1-5-10(11)12(15)9-4-3-7-14-8-9;1-3-5-7-6-4-2/h1-8,12,15H;3-4H,1-2,5-6H2. The van der Waals surface area contributed by atoms with Crippen molar-refractivity contribution in [1.29, 1.82) is 0 Å². The first-order valence-corrected chi connectivity index (χ1v) is 7.20. The number of pyridine rings is 1. The van der Waals surface area contributed by atoms with Crippen molar-refractivity contribution in [2.24, 2.45) is 0 Å². The van der Waals surface area contributed by atoms with Crippen LogP contribution in [0.1, 0.15) is 17.2 Å². The van der Waals surface area contributed by atoms with E-state index in [1.165, 1.54) is 0 Å². The Morgan fingerprint density at radius 3 is 2.36 bits per heavy atom. The summed E-state index contributed by atoms with van der Waals surface area (Å²) in [5.41, 5.74) is 1.44. The van der Waals surface area contributed by atoms with Gasteiger partial charge in [0, 0.05) is 28.5 Å². The largest absolute Gasteiger partial charge is 0.384 e. The minimum absolute atomic E-state index is 0.564. The van der Waals surface area contributed by atoms with Gasteiger partial charge in [0.2, 0.25) is 0 Å². The molecule has 4 heteroatoms. The van der Waals surface area contributed by atoms with Gasteiger partial charge in [0.1, 0.15) is 6.10 Å². The maximum Gasteiger partial charge on any atom is 0.107 e. The summed E-state index contributed by atoms with van der Waals surface area (Å²) in [7, 11) is 0. The first-order valence-electron chi connectivity index (χ1n) is 6.82. The number of ether oxygens (including phenoxy) is 1. The molecule has 0 radical (unpaired) electrons. The summed E-state index contributed by atoms with van der Waals surface area (Å²) < 4.78 is 4.90. The van der Waals surface area contributed by atoms with Crippen LogP contribution in [0.3, 0.4) is 0 Å². The normalized spacial score (nSPS) is 11.0. The Labute approximate surface area is 136 Å². The van der Waals surface area contributed by atoms with Gasteiger partial charge in [-0.25, -0.2) is 0 Å². The summed E-state index contributed by atoms with van der Waals surface area (Å²) in [6, 6.07) is 10.9. The predicted octanol–water partition coefficient (Wildman–Crippen LogP) is 4.19. The maximum absolute atomic E-state index is 10.0. The lowest BCUT2D eigenvalue weighted by atomic mass is 10.0. The van der Waals surface area contributed by atoms with Crippen LogP contribution in [0.5, 0.6) is 0 Å². The van der Waals surface area contributed by atoms with Crippen molar-refractivity contribution >= 4 is 11.6 Å². The van der Waals surface area contributed by atoms with Crippen LogP contribution in [0.2, 0.25) is 5.02 Å². The minimum atomic E-state index is -0.715. The first-order chi connectivity index (χ1) is 10.7. The summed E-state index contributed by atoms with van der Waals surface area (Å²) >= 11 is 5.99. The quantitative estimate of drug-likeness (QED) is 0.641. The van der Waals surface area contributed by atoms with Crippen LogP contribution in [-0.4, -0.2) is 23.3 Å². The molecule has 1 aromatic carbocycles. The van der Waals surface area contributed by atoms with Crippen LogP contribution in [0.25, 0.3) is 0 Å². The van der Waals surface area contributed by atoms with Crippen molar-refractivity contribution in [3.8, 4) is 0 Å². The zero-order valence-electron chi connectivity index (χ0n) is 12.4. The number of aromatic nitrogens is 1. The second-order valence-corrected chi connectivity index (χ2v) is 4.73. The number of aliphatic hydroxyl groups excluding tert-OH is 1. The predicted molar refractivity (Wildman–Crippen MR) is 91.0 cm³/mol. The molecule has 1 unspecified atom stereocenters. The summed E-state index contributed by atoms with van der Waals surface area (Å²) in [6.45, 7) is 8.18. The van der Waals surface area contributed by atoms with E-state index in [4.69, 9.17) is 16.3 Å². The van der Waals surface area contributed by atoms with Crippen molar-refractivity contribution in [1.82, 2.24) is 4.98 Å². The fraction of sp³-hybridized carbons (Fsp3) is 0.167. The van der Waals surface area contributed by atoms with E-state index >= 15 is 0 Å². The van der Waals surface area contributed by atoms with Crippen LogP contribution in [0, 0.1) is 0 Å². The molecule has 3 nitrogen and oxygen atoms in total. The Morgan fingerprint density at radius 2 is 1.82 bits per heavy atom. The minimum Gasteiger partial charge on any atom is -0.384 e. The van der Waals surface area contributed by atoms with Crippen LogP contribution in [0.15, 0.2) is 74.1 Å². The molecule has 0 aliphatic rings. The Hall–Kier alpha value is -1.94. The van der Waals surface area contributed by atoms with E-state index in [0.29, 0.717) is 23.8 Å². The number of rotatable bonds is 6. The van der Waals surface area contributed by atoms with Crippen molar-refractivity contribution in [3.63, 3.8) is 0 Å². The lowest BCUT2D eigenvalue weighted by molar-refractivity contribution is 0.194. The van der Waals surface area contributed by atoms with E-state index in [1.807, 2.05) is 18.2 Å². The smallest absolute Gasteiger partial charge is 0.107 e. The number of nitrogens with zero attached hydrogens (tertiary/aromatic N) is 1. The zero-order chi connectivity index (χ0) is 16.2. The van der Waals surface area contributed by atoms with E-state index < -0.39 is 6.10 Å². The molecule has 0 aliphatic heterocycles. The first kappa shape index (κ1) is 18.1. The molecule has 0 amide bonds. The fourth-order valence-corrected chi connectivity index (χ4v) is 1.89. The van der Waals surface area contributed by atoms with Gasteiger partial charge < -0.3 is 9.84 Å². The molecule has 0 saturated heterocycles. The van der Waals surface area contributed by atoms with Crippen molar-refractivity contribution in [2.45, 2.75) is 6.10 Å². The second-order valence-electron chi connectivity index (χ2n) is 4.33. The van der Waals surface area contributed by atoms with E-state index in [-0.39, 0.29) is 0 Å². The molecule has 22 heavy (non-hydrogen) atoms. The molecule has 1 aromatic heterocycles. The molecule has 116 valence electrons. The van der Waals surface area contributed by atoms with E-state index in [2.05, 4.69) is 18.1 Å². The maximum atomic E-state index is 10.0. The lowest BCUT2D eigenvalue weighted by Gasteiger charge is -2.12. The van der Waals surface area contributed by atoms with Crippen LogP contribution in [-0.2, 0) is 4.74 Å². The van der Waals surface area contributed by atoms with Crippen molar-refractivity contribution in [3.05, 3.63) is 90.3 Å². The number of hydrogen-bond donors (Lipinski definition) is 1. The molecule has 0 spiro atoms. The third kappa shape index (κ3) is 6.22. The fourth-order valence-electron chi connectivity index (χ4n) is 1.65. The summed E-state index contributed by atoms with van der Waals surface area (Å²) in [6.07, 6.45) is 6.01. The Morgan fingerprint density at radius 1 is 1.14 bits per heavy atom. The molecule has 1 atom stereocenters. The topological polar surface area (TPSA) is 42.4 Å². The van der Waals surface area contributed by atoms with Crippen molar-refractivity contribution in [2.75, 3.05) is 13.2 Å². The van der Waals surface area contributed by atoms with Crippen LogP contribution >= 0.6 is 11.6 Å². The van der Waals surface area contributed by atoms with Gasteiger partial charge in [-0.15, -0.1) is 13.2 Å². The Bertz CT molecular complexity index is 564. The van der Waals surface area contributed by atoms with Crippen molar-refractivity contribution < 1.29 is 9.84 Å². The molecule has 0 bridgehead atoms. The zero-order valence-corrected chi connectivity index (χ0v) is 13.1. The van der Waals surface area contributed by atoms with Gasteiger partial charge in [-0.05, 0) is 12.1 Å². The molecule has 0 aliphatic carbocycles. The highest BCUT2D eigenvalue weighted by Crippen LogP contribution is 2.27. The summed E-state index contributed by atoms with van der Waals surface area (Å²) in [5, 5.41) is 10.6. The number of aliphatic hydroxyl groups is 1. The highest BCUT2D eigenvalue weighted by molar-refractivity contribution is 6.31. The molecular formula is C18H20ClNO2. The van der Waals surface area contributed by atoms with E-state index in [0.717, 1.165) is 5.56 Å². The number of benzene rings is 1. The van der Waals surface area contributed by atoms with E-state index in [1.54, 1.807) is 42.7 Å². The Kier molecular flexibility index (Phi) is 8.84. The highest BCUT2D eigenvalue weighted by Gasteiger charge is 2.12.